The van der Waals surface area contributed by atoms with Gasteiger partial charge in [0.2, 0.25) is 5.39 Å². The number of hydrogen-bond donors (Lipinski definition) is 1. The van der Waals surface area contributed by atoms with Crippen LogP contribution in [0.4, 0.5) is 5.69 Å². The molecule has 13 heavy (non-hydrogen) atoms. The van der Waals surface area contributed by atoms with Gasteiger partial charge in [-0.25, -0.2) is 4.79 Å². The molecule has 1 aromatic rings. The van der Waals surface area contributed by atoms with Gasteiger partial charge in [0.05, 0.1) is 7.11 Å². The lowest BCUT2D eigenvalue weighted by atomic mass is 10.2. The molecule has 0 atom stereocenters. The highest BCUT2D eigenvalue weighted by Gasteiger charge is 2.20. The Labute approximate surface area is 74.2 Å². The SMILES string of the molecule is COc1ccc([N+]#N)c(C(=O)O)c1. The molecule has 1 rings (SSSR count). The van der Waals surface area contributed by atoms with Crippen LogP contribution in [-0.4, -0.2) is 18.2 Å². The van der Waals surface area contributed by atoms with Gasteiger partial charge >= 0.3 is 11.7 Å². The molecule has 0 bridgehead atoms. The second-order valence-corrected chi connectivity index (χ2v) is 2.29. The minimum absolute atomic E-state index is 0.00769. The molecule has 66 valence electrons. The molecule has 1 aromatic carbocycles. The fourth-order valence-corrected chi connectivity index (χ4v) is 0.901. The monoisotopic (exact) mass is 179 g/mol. The maximum absolute atomic E-state index is 10.6. The van der Waals surface area contributed by atoms with Crippen LogP contribution in [0, 0.1) is 5.39 Å². The maximum Gasteiger partial charge on any atom is 0.399 e. The van der Waals surface area contributed by atoms with Gasteiger partial charge in [-0.2, -0.15) is 0 Å². The second-order valence-electron chi connectivity index (χ2n) is 2.29. The van der Waals surface area contributed by atoms with E-state index in [2.05, 4.69) is 4.98 Å². The topological polar surface area (TPSA) is 74.7 Å². The Bertz CT molecular complexity index is 381. The van der Waals surface area contributed by atoms with Crippen LogP contribution in [0.15, 0.2) is 18.2 Å². The number of diazo groups is 1. The summed E-state index contributed by atoms with van der Waals surface area (Å²) in [6.07, 6.45) is 0. The average molecular weight is 179 g/mol. The van der Waals surface area contributed by atoms with E-state index < -0.39 is 5.97 Å². The molecule has 1 N–H and O–H groups in total. The van der Waals surface area contributed by atoms with E-state index in [0.29, 0.717) is 5.75 Å². The Kier molecular flexibility index (Phi) is 2.45. The van der Waals surface area contributed by atoms with Crippen molar-refractivity contribution in [1.82, 2.24) is 0 Å². The number of rotatable bonds is 2. The molecule has 0 radical (unpaired) electrons. The summed E-state index contributed by atoms with van der Waals surface area (Å²) in [4.78, 5) is 13.5. The molecular weight excluding hydrogens is 172 g/mol. The first-order valence-corrected chi connectivity index (χ1v) is 3.45. The fourth-order valence-electron chi connectivity index (χ4n) is 0.901. The van der Waals surface area contributed by atoms with Crippen molar-refractivity contribution >= 4 is 11.7 Å². The van der Waals surface area contributed by atoms with E-state index in [1.165, 1.54) is 25.3 Å². The first-order chi connectivity index (χ1) is 6.19. The number of aromatic carboxylic acids is 1. The van der Waals surface area contributed by atoms with Gasteiger partial charge < -0.3 is 9.84 Å². The van der Waals surface area contributed by atoms with Crippen LogP contribution in [0.25, 0.3) is 4.98 Å². The van der Waals surface area contributed by atoms with Gasteiger partial charge in [0, 0.05) is 12.1 Å². The predicted octanol–water partition coefficient (Wildman–Crippen LogP) is 1.88. The smallest absolute Gasteiger partial charge is 0.399 e. The van der Waals surface area contributed by atoms with Crippen molar-refractivity contribution in [3.63, 3.8) is 0 Å². The van der Waals surface area contributed by atoms with E-state index >= 15 is 0 Å². The molecule has 0 saturated heterocycles. The summed E-state index contributed by atoms with van der Waals surface area (Å²) in [6.45, 7) is 0. The minimum Gasteiger partial charge on any atom is -0.497 e. The van der Waals surface area contributed by atoms with Gasteiger partial charge in [0.15, 0.2) is 10.5 Å². The van der Waals surface area contributed by atoms with Crippen LogP contribution in [0.2, 0.25) is 0 Å². The molecular formula is C8H7N2O3+. The molecule has 0 amide bonds. The molecule has 0 spiro atoms. The number of nitrogens with zero attached hydrogens (tertiary/aromatic N) is 2. The largest absolute Gasteiger partial charge is 0.497 e. The Balaban J connectivity index is 3.28. The number of methoxy groups -OCH3 is 1. The molecule has 0 saturated carbocycles. The minimum atomic E-state index is -1.16. The molecule has 0 aliphatic carbocycles. The molecule has 0 aliphatic heterocycles. The molecule has 0 aromatic heterocycles. The first-order valence-electron chi connectivity index (χ1n) is 3.45. The summed E-state index contributed by atoms with van der Waals surface area (Å²) in [5.74, 6) is -0.753. The van der Waals surface area contributed by atoms with E-state index in [1.807, 2.05) is 0 Å². The van der Waals surface area contributed by atoms with Crippen molar-refractivity contribution in [1.29, 1.82) is 5.39 Å². The van der Waals surface area contributed by atoms with Gasteiger partial charge in [-0.05, 0) is 6.07 Å². The molecule has 0 heterocycles. The lowest BCUT2D eigenvalue weighted by Crippen LogP contribution is -1.96. The van der Waals surface area contributed by atoms with E-state index in [0.717, 1.165) is 0 Å². The van der Waals surface area contributed by atoms with E-state index in [9.17, 15) is 4.79 Å². The maximum atomic E-state index is 10.6. The zero-order valence-electron chi connectivity index (χ0n) is 6.89. The van der Waals surface area contributed by atoms with Gasteiger partial charge in [-0.1, -0.05) is 0 Å². The Hall–Kier alpha value is -2.09. The van der Waals surface area contributed by atoms with Crippen LogP contribution >= 0.6 is 0 Å². The fraction of sp³-hybridized carbons (Fsp3) is 0.125. The molecule has 0 aliphatic rings. The summed E-state index contributed by atoms with van der Waals surface area (Å²) in [5.41, 5.74) is -0.0878. The van der Waals surface area contributed by atoms with E-state index in [1.54, 1.807) is 0 Å². The Morgan fingerprint density at radius 2 is 2.31 bits per heavy atom. The van der Waals surface area contributed by atoms with Crippen molar-refractivity contribution in [2.24, 2.45) is 0 Å². The lowest BCUT2D eigenvalue weighted by molar-refractivity contribution is 0.0697. The molecule has 5 heteroatoms. The quantitative estimate of drug-likeness (QED) is 0.703. The summed E-state index contributed by atoms with van der Waals surface area (Å²) >= 11 is 0. The number of ether oxygens (including phenoxy) is 1. The summed E-state index contributed by atoms with van der Waals surface area (Å²) in [7, 11) is 1.43. The van der Waals surface area contributed by atoms with E-state index in [4.69, 9.17) is 15.2 Å². The highest BCUT2D eigenvalue weighted by molar-refractivity contribution is 5.94. The molecule has 0 unspecified atom stereocenters. The zero-order valence-corrected chi connectivity index (χ0v) is 6.89. The number of benzene rings is 1. The molecule has 0 fully saturated rings. The highest BCUT2D eigenvalue weighted by Crippen LogP contribution is 2.24. The normalized spacial score (nSPS) is 8.92. The van der Waals surface area contributed by atoms with Crippen LogP contribution < -0.4 is 4.74 Å². The summed E-state index contributed by atoms with van der Waals surface area (Å²) < 4.78 is 4.82. The molecule has 5 nitrogen and oxygen atoms in total. The summed E-state index contributed by atoms with van der Waals surface area (Å²) in [5, 5.41) is 17.1. The van der Waals surface area contributed by atoms with E-state index in [-0.39, 0.29) is 11.3 Å². The van der Waals surface area contributed by atoms with Crippen molar-refractivity contribution < 1.29 is 14.6 Å². The number of hydrogen-bond acceptors (Lipinski definition) is 3. The standard InChI is InChI=1S/C8H6N2O3/c1-13-5-2-3-7(10-9)6(4-5)8(11)12/h2-4H,1H3/p+1. The number of carboxylic acid groups (broad SMARTS) is 1. The third-order valence-electron chi connectivity index (χ3n) is 1.54. The van der Waals surface area contributed by atoms with Gasteiger partial charge in [0.25, 0.3) is 0 Å². The van der Waals surface area contributed by atoms with Crippen LogP contribution in [0.3, 0.4) is 0 Å². The first kappa shape index (κ1) is 9.00. The average Bonchev–Trinajstić information content (AvgIpc) is 2.16. The van der Waals surface area contributed by atoms with Crippen LogP contribution in [0.5, 0.6) is 5.75 Å². The van der Waals surface area contributed by atoms with Crippen molar-refractivity contribution in [2.75, 3.05) is 7.11 Å². The number of carboxylic acids is 1. The van der Waals surface area contributed by atoms with Crippen molar-refractivity contribution in [2.45, 2.75) is 0 Å². The van der Waals surface area contributed by atoms with Crippen LogP contribution in [0.1, 0.15) is 10.4 Å². The van der Waals surface area contributed by atoms with Gasteiger partial charge in [0.1, 0.15) is 5.75 Å². The summed E-state index contributed by atoms with van der Waals surface area (Å²) in [6, 6.07) is 4.17. The van der Waals surface area contributed by atoms with Gasteiger partial charge in [-0.15, -0.1) is 0 Å². The highest BCUT2D eigenvalue weighted by atomic mass is 16.5. The Morgan fingerprint density at radius 1 is 1.62 bits per heavy atom. The second kappa shape index (κ2) is 3.54. The third-order valence-corrected chi connectivity index (χ3v) is 1.54. The Morgan fingerprint density at radius 3 is 2.77 bits per heavy atom. The lowest BCUT2D eigenvalue weighted by Gasteiger charge is -1.97. The number of carbonyl (C=O) groups is 1. The van der Waals surface area contributed by atoms with Crippen LogP contribution in [-0.2, 0) is 0 Å². The third kappa shape index (κ3) is 1.73. The van der Waals surface area contributed by atoms with Crippen molar-refractivity contribution in [3.05, 3.63) is 28.7 Å². The zero-order chi connectivity index (χ0) is 9.84. The van der Waals surface area contributed by atoms with Gasteiger partial charge in [-0.3, -0.25) is 0 Å². The van der Waals surface area contributed by atoms with Crippen molar-refractivity contribution in [3.8, 4) is 5.75 Å². The predicted molar refractivity (Wildman–Crippen MR) is 44.7 cm³/mol.